The quantitative estimate of drug-likeness (QED) is 0.635. The fraction of sp³-hybridized carbons (Fsp3) is 0.158. The SMILES string of the molecule is COc1ccc(CCNc2c(Nc3ccc(Cl)cc3)c(=O)c2=O)cc1. The summed E-state index contributed by atoms with van der Waals surface area (Å²) in [5.74, 6) is 0.800. The van der Waals surface area contributed by atoms with Crippen LogP contribution in [0.1, 0.15) is 5.56 Å². The molecule has 0 aliphatic carbocycles. The highest BCUT2D eigenvalue weighted by Crippen LogP contribution is 2.22. The van der Waals surface area contributed by atoms with Crippen LogP contribution in [0.4, 0.5) is 17.1 Å². The molecule has 25 heavy (non-hydrogen) atoms. The van der Waals surface area contributed by atoms with Crippen molar-refractivity contribution in [2.75, 3.05) is 24.3 Å². The summed E-state index contributed by atoms with van der Waals surface area (Å²) in [6.07, 6.45) is 0.725. The van der Waals surface area contributed by atoms with Crippen molar-refractivity contribution in [3.05, 3.63) is 79.6 Å². The molecule has 0 heterocycles. The number of nitrogens with one attached hydrogen (secondary N) is 2. The molecular weight excluding hydrogens is 340 g/mol. The monoisotopic (exact) mass is 356 g/mol. The lowest BCUT2D eigenvalue weighted by Gasteiger charge is -2.15. The highest BCUT2D eigenvalue weighted by atomic mass is 35.5. The topological polar surface area (TPSA) is 67.4 Å². The maximum absolute atomic E-state index is 11.8. The molecule has 0 radical (unpaired) electrons. The van der Waals surface area contributed by atoms with E-state index in [0.717, 1.165) is 17.7 Å². The molecule has 0 unspecified atom stereocenters. The van der Waals surface area contributed by atoms with Crippen LogP contribution < -0.4 is 26.2 Å². The van der Waals surface area contributed by atoms with Gasteiger partial charge in [-0.15, -0.1) is 0 Å². The van der Waals surface area contributed by atoms with Gasteiger partial charge in [0.1, 0.15) is 17.1 Å². The van der Waals surface area contributed by atoms with E-state index in [0.29, 0.717) is 28.6 Å². The lowest BCUT2D eigenvalue weighted by Crippen LogP contribution is -2.37. The van der Waals surface area contributed by atoms with E-state index in [1.807, 2.05) is 24.3 Å². The van der Waals surface area contributed by atoms with Gasteiger partial charge in [-0.1, -0.05) is 23.7 Å². The van der Waals surface area contributed by atoms with Gasteiger partial charge in [0.15, 0.2) is 0 Å². The number of hydrogen-bond donors (Lipinski definition) is 2. The molecule has 0 amide bonds. The fourth-order valence-corrected chi connectivity index (χ4v) is 2.61. The number of halogens is 1. The van der Waals surface area contributed by atoms with E-state index in [1.165, 1.54) is 0 Å². The van der Waals surface area contributed by atoms with Crippen molar-refractivity contribution in [3.8, 4) is 5.75 Å². The van der Waals surface area contributed by atoms with Crippen molar-refractivity contribution in [1.82, 2.24) is 0 Å². The second-order valence-electron chi connectivity index (χ2n) is 5.56. The Kier molecular flexibility index (Phi) is 5.05. The predicted molar refractivity (Wildman–Crippen MR) is 101 cm³/mol. The van der Waals surface area contributed by atoms with Gasteiger partial charge in [0.05, 0.1) is 7.11 Å². The third-order valence-electron chi connectivity index (χ3n) is 3.90. The van der Waals surface area contributed by atoms with E-state index >= 15 is 0 Å². The first kappa shape index (κ1) is 17.0. The average Bonchev–Trinajstić information content (AvgIpc) is 2.65. The molecule has 0 atom stereocenters. The number of ether oxygens (including phenoxy) is 1. The van der Waals surface area contributed by atoms with Gasteiger partial charge in [0.2, 0.25) is 0 Å². The Labute approximate surface area is 149 Å². The normalized spacial score (nSPS) is 10.6. The van der Waals surface area contributed by atoms with Crippen molar-refractivity contribution in [2.45, 2.75) is 6.42 Å². The Morgan fingerprint density at radius 3 is 2.20 bits per heavy atom. The van der Waals surface area contributed by atoms with Crippen molar-refractivity contribution in [1.29, 1.82) is 0 Å². The van der Waals surface area contributed by atoms with Crippen LogP contribution in [0.5, 0.6) is 5.75 Å². The smallest absolute Gasteiger partial charge is 0.253 e. The van der Waals surface area contributed by atoms with E-state index in [2.05, 4.69) is 10.6 Å². The molecule has 3 rings (SSSR count). The second-order valence-corrected chi connectivity index (χ2v) is 6.00. The van der Waals surface area contributed by atoms with E-state index < -0.39 is 10.9 Å². The molecule has 0 bridgehead atoms. The Bertz CT molecular complexity index is 927. The van der Waals surface area contributed by atoms with Gasteiger partial charge in [-0.25, -0.2) is 0 Å². The number of rotatable bonds is 7. The maximum atomic E-state index is 11.8. The van der Waals surface area contributed by atoms with Gasteiger partial charge < -0.3 is 15.4 Å². The van der Waals surface area contributed by atoms with E-state index in [9.17, 15) is 9.59 Å². The Morgan fingerprint density at radius 2 is 1.56 bits per heavy atom. The van der Waals surface area contributed by atoms with Crippen LogP contribution in [0.25, 0.3) is 0 Å². The first-order valence-electron chi connectivity index (χ1n) is 7.81. The van der Waals surface area contributed by atoms with Crippen molar-refractivity contribution < 1.29 is 4.74 Å². The zero-order valence-electron chi connectivity index (χ0n) is 13.6. The van der Waals surface area contributed by atoms with E-state index in [4.69, 9.17) is 16.3 Å². The van der Waals surface area contributed by atoms with Crippen molar-refractivity contribution in [3.63, 3.8) is 0 Å². The number of methoxy groups -OCH3 is 1. The molecule has 128 valence electrons. The summed E-state index contributed by atoms with van der Waals surface area (Å²) in [4.78, 5) is 23.6. The summed E-state index contributed by atoms with van der Waals surface area (Å²) in [6.45, 7) is 0.548. The summed E-state index contributed by atoms with van der Waals surface area (Å²) in [5, 5.41) is 6.62. The molecule has 0 fully saturated rings. The van der Waals surface area contributed by atoms with Gasteiger partial charge in [-0.3, -0.25) is 9.59 Å². The van der Waals surface area contributed by atoms with Gasteiger partial charge in [-0.2, -0.15) is 0 Å². The standard InChI is InChI=1S/C19H17ClN2O3/c1-25-15-8-2-12(3-9-15)10-11-21-16-17(19(24)18(16)23)22-14-6-4-13(20)5-7-14/h2-9,21-22H,10-11H2,1H3. The number of benzene rings is 2. The van der Waals surface area contributed by atoms with Gasteiger partial charge in [0, 0.05) is 17.3 Å². The first-order chi connectivity index (χ1) is 12.1. The minimum absolute atomic E-state index is 0.294. The minimum Gasteiger partial charge on any atom is -0.497 e. The Morgan fingerprint density at radius 1 is 0.920 bits per heavy atom. The van der Waals surface area contributed by atoms with E-state index in [1.54, 1.807) is 31.4 Å². The largest absolute Gasteiger partial charge is 0.497 e. The number of anilines is 3. The Hall–Kier alpha value is -2.79. The molecule has 0 aliphatic rings. The molecule has 0 spiro atoms. The minimum atomic E-state index is -0.512. The fourth-order valence-electron chi connectivity index (χ4n) is 2.48. The molecule has 6 heteroatoms. The highest BCUT2D eigenvalue weighted by Gasteiger charge is 2.20. The molecule has 0 saturated heterocycles. The molecular formula is C19H17ClN2O3. The van der Waals surface area contributed by atoms with Crippen LogP contribution in [0.3, 0.4) is 0 Å². The van der Waals surface area contributed by atoms with Crippen LogP contribution in [0, 0.1) is 0 Å². The van der Waals surface area contributed by atoms with Crippen LogP contribution in [-0.4, -0.2) is 13.7 Å². The second kappa shape index (κ2) is 7.40. The molecule has 0 aliphatic heterocycles. The molecule has 0 aromatic heterocycles. The lowest BCUT2D eigenvalue weighted by atomic mass is 10.1. The van der Waals surface area contributed by atoms with Crippen LogP contribution in [0.2, 0.25) is 5.02 Å². The van der Waals surface area contributed by atoms with Crippen molar-refractivity contribution >= 4 is 28.7 Å². The molecule has 2 N–H and O–H groups in total. The summed E-state index contributed by atoms with van der Waals surface area (Å²) in [7, 11) is 1.62. The van der Waals surface area contributed by atoms with Crippen LogP contribution >= 0.6 is 11.6 Å². The predicted octanol–water partition coefficient (Wildman–Crippen LogP) is 3.34. The zero-order chi connectivity index (χ0) is 17.8. The number of hydrogen-bond acceptors (Lipinski definition) is 5. The van der Waals surface area contributed by atoms with Gasteiger partial charge >= 0.3 is 0 Å². The summed E-state index contributed by atoms with van der Waals surface area (Å²) >= 11 is 5.84. The highest BCUT2D eigenvalue weighted by molar-refractivity contribution is 6.30. The molecule has 0 saturated carbocycles. The molecule has 3 aromatic carbocycles. The lowest BCUT2D eigenvalue weighted by molar-refractivity contribution is 0.414. The Balaban J connectivity index is 1.63. The third kappa shape index (κ3) is 3.83. The van der Waals surface area contributed by atoms with Gasteiger partial charge in [-0.05, 0) is 48.4 Å². The van der Waals surface area contributed by atoms with Crippen LogP contribution in [-0.2, 0) is 6.42 Å². The summed E-state index contributed by atoms with van der Waals surface area (Å²) in [5.41, 5.74) is 1.43. The maximum Gasteiger partial charge on any atom is 0.253 e. The van der Waals surface area contributed by atoms with Gasteiger partial charge in [0.25, 0.3) is 10.9 Å². The average molecular weight is 357 g/mol. The zero-order valence-corrected chi connectivity index (χ0v) is 14.4. The third-order valence-corrected chi connectivity index (χ3v) is 4.15. The van der Waals surface area contributed by atoms with Crippen LogP contribution in [0.15, 0.2) is 58.1 Å². The van der Waals surface area contributed by atoms with E-state index in [-0.39, 0.29) is 0 Å². The molecule has 3 aromatic rings. The summed E-state index contributed by atoms with van der Waals surface area (Å²) < 4.78 is 5.12. The first-order valence-corrected chi connectivity index (χ1v) is 8.19. The molecule has 5 nitrogen and oxygen atoms in total. The summed E-state index contributed by atoms with van der Waals surface area (Å²) in [6, 6.07) is 14.6. The van der Waals surface area contributed by atoms with Crippen molar-refractivity contribution in [2.24, 2.45) is 0 Å².